The van der Waals surface area contributed by atoms with Gasteiger partial charge in [0.05, 0.1) is 0 Å². The van der Waals surface area contributed by atoms with Crippen LogP contribution in [0.4, 0.5) is 10.1 Å². The monoisotopic (exact) mass is 340 g/mol. The molecule has 130 valence electrons. The quantitative estimate of drug-likeness (QED) is 0.897. The Morgan fingerprint density at radius 2 is 1.72 bits per heavy atom. The maximum atomic E-state index is 13.0. The number of rotatable bonds is 4. The SMILES string of the molecule is CC(C)C(=O)Nc1ccc2c(c1)CC(NC(=O)c1ccc(F)cc1)C2. The minimum atomic E-state index is -0.360. The molecule has 0 heterocycles. The molecule has 1 unspecified atom stereocenters. The summed E-state index contributed by atoms with van der Waals surface area (Å²) in [4.78, 5) is 24.1. The Morgan fingerprint density at radius 1 is 1.04 bits per heavy atom. The van der Waals surface area contributed by atoms with Crippen LogP contribution in [-0.4, -0.2) is 17.9 Å². The second-order valence-corrected chi connectivity index (χ2v) is 6.71. The second-order valence-electron chi connectivity index (χ2n) is 6.71. The number of benzene rings is 2. The third-order valence-corrected chi connectivity index (χ3v) is 4.37. The van der Waals surface area contributed by atoms with Crippen LogP contribution < -0.4 is 10.6 Å². The van der Waals surface area contributed by atoms with Crippen molar-refractivity contribution in [1.29, 1.82) is 0 Å². The lowest BCUT2D eigenvalue weighted by Crippen LogP contribution is -2.35. The molecule has 2 aromatic carbocycles. The Kier molecular flexibility index (Phi) is 4.83. The molecule has 3 rings (SSSR count). The minimum absolute atomic E-state index is 0.00334. The first-order valence-corrected chi connectivity index (χ1v) is 8.41. The topological polar surface area (TPSA) is 58.2 Å². The number of anilines is 1. The molecule has 5 heteroatoms. The van der Waals surface area contributed by atoms with E-state index >= 15 is 0 Å². The number of carbonyl (C=O) groups excluding carboxylic acids is 2. The summed E-state index contributed by atoms with van der Waals surface area (Å²) in [5.41, 5.74) is 3.53. The van der Waals surface area contributed by atoms with Gasteiger partial charge in [-0.3, -0.25) is 9.59 Å². The molecule has 0 radical (unpaired) electrons. The molecular weight excluding hydrogens is 319 g/mol. The first-order valence-electron chi connectivity index (χ1n) is 8.41. The first-order chi connectivity index (χ1) is 11.9. The zero-order chi connectivity index (χ0) is 18.0. The van der Waals surface area contributed by atoms with E-state index in [1.165, 1.54) is 29.8 Å². The number of hydrogen-bond acceptors (Lipinski definition) is 2. The third kappa shape index (κ3) is 4.05. The van der Waals surface area contributed by atoms with Crippen LogP contribution >= 0.6 is 0 Å². The van der Waals surface area contributed by atoms with Gasteiger partial charge in [-0.1, -0.05) is 19.9 Å². The van der Waals surface area contributed by atoms with Crippen molar-refractivity contribution in [2.24, 2.45) is 5.92 Å². The molecule has 1 aliphatic rings. The van der Waals surface area contributed by atoms with Crippen LogP contribution in [0.1, 0.15) is 35.3 Å². The number of halogens is 1. The summed E-state index contributed by atoms with van der Waals surface area (Å²) in [5.74, 6) is -0.651. The molecule has 0 aliphatic heterocycles. The van der Waals surface area contributed by atoms with E-state index in [2.05, 4.69) is 10.6 Å². The van der Waals surface area contributed by atoms with E-state index in [-0.39, 0.29) is 29.6 Å². The van der Waals surface area contributed by atoms with E-state index < -0.39 is 0 Å². The van der Waals surface area contributed by atoms with E-state index in [9.17, 15) is 14.0 Å². The van der Waals surface area contributed by atoms with Crippen molar-refractivity contribution in [2.45, 2.75) is 32.7 Å². The summed E-state index contributed by atoms with van der Waals surface area (Å²) in [7, 11) is 0. The molecule has 4 nitrogen and oxygen atoms in total. The summed E-state index contributed by atoms with van der Waals surface area (Å²) in [6.07, 6.45) is 1.47. The van der Waals surface area contributed by atoms with Crippen molar-refractivity contribution in [3.05, 3.63) is 65.0 Å². The Hall–Kier alpha value is -2.69. The number of hydrogen-bond donors (Lipinski definition) is 2. The van der Waals surface area contributed by atoms with Gasteiger partial charge in [0.15, 0.2) is 0 Å². The molecule has 2 amide bonds. The van der Waals surface area contributed by atoms with Gasteiger partial charge >= 0.3 is 0 Å². The maximum Gasteiger partial charge on any atom is 0.251 e. The zero-order valence-electron chi connectivity index (χ0n) is 14.3. The van der Waals surface area contributed by atoms with Crippen LogP contribution in [0.2, 0.25) is 0 Å². The molecule has 0 bridgehead atoms. The Morgan fingerprint density at radius 3 is 2.40 bits per heavy atom. The number of amides is 2. The van der Waals surface area contributed by atoms with E-state index in [0.29, 0.717) is 12.0 Å². The fourth-order valence-corrected chi connectivity index (χ4v) is 2.95. The van der Waals surface area contributed by atoms with Gasteiger partial charge in [-0.05, 0) is 60.4 Å². The molecule has 0 spiro atoms. The molecule has 0 saturated heterocycles. The normalized spacial score (nSPS) is 15.8. The standard InChI is InChI=1S/C20H21FN2O2/c1-12(2)19(24)22-17-8-5-14-9-18(11-15(14)10-17)23-20(25)13-3-6-16(21)7-4-13/h3-8,10,12,18H,9,11H2,1-2H3,(H,22,24)(H,23,25). The first kappa shape index (κ1) is 17.1. The van der Waals surface area contributed by atoms with Crippen LogP contribution in [0.25, 0.3) is 0 Å². The molecule has 0 saturated carbocycles. The summed E-state index contributed by atoms with van der Waals surface area (Å²) >= 11 is 0. The van der Waals surface area contributed by atoms with Gasteiger partial charge in [-0.15, -0.1) is 0 Å². The van der Waals surface area contributed by atoms with Gasteiger partial charge in [0.25, 0.3) is 5.91 Å². The smallest absolute Gasteiger partial charge is 0.251 e. The number of nitrogens with one attached hydrogen (secondary N) is 2. The summed E-state index contributed by atoms with van der Waals surface area (Å²) < 4.78 is 13.0. The Bertz CT molecular complexity index is 800. The van der Waals surface area contributed by atoms with Crippen LogP contribution in [0.5, 0.6) is 0 Å². The van der Waals surface area contributed by atoms with Crippen LogP contribution in [-0.2, 0) is 17.6 Å². The van der Waals surface area contributed by atoms with Gasteiger partial charge in [0.2, 0.25) is 5.91 Å². The van der Waals surface area contributed by atoms with E-state index in [0.717, 1.165) is 17.7 Å². The van der Waals surface area contributed by atoms with Crippen molar-refractivity contribution < 1.29 is 14.0 Å². The molecule has 2 N–H and O–H groups in total. The van der Waals surface area contributed by atoms with Gasteiger partial charge < -0.3 is 10.6 Å². The Balaban J connectivity index is 1.64. The summed E-state index contributed by atoms with van der Waals surface area (Å²) in [6.45, 7) is 3.70. The maximum absolute atomic E-state index is 13.0. The van der Waals surface area contributed by atoms with Crippen molar-refractivity contribution >= 4 is 17.5 Å². The van der Waals surface area contributed by atoms with Crippen molar-refractivity contribution in [3.8, 4) is 0 Å². The van der Waals surface area contributed by atoms with Gasteiger partial charge in [0.1, 0.15) is 5.82 Å². The molecule has 2 aromatic rings. The molecule has 1 atom stereocenters. The lowest BCUT2D eigenvalue weighted by molar-refractivity contribution is -0.118. The highest BCUT2D eigenvalue weighted by Gasteiger charge is 2.24. The molecule has 1 aliphatic carbocycles. The highest BCUT2D eigenvalue weighted by molar-refractivity contribution is 5.94. The van der Waals surface area contributed by atoms with Crippen molar-refractivity contribution in [1.82, 2.24) is 5.32 Å². The molecular formula is C20H21FN2O2. The van der Waals surface area contributed by atoms with Gasteiger partial charge in [0, 0.05) is 23.2 Å². The molecule has 0 fully saturated rings. The predicted molar refractivity (Wildman–Crippen MR) is 95.0 cm³/mol. The van der Waals surface area contributed by atoms with Gasteiger partial charge in [-0.2, -0.15) is 0 Å². The average Bonchev–Trinajstić information content (AvgIpc) is 2.96. The Labute approximate surface area is 146 Å². The lowest BCUT2D eigenvalue weighted by atomic mass is 10.1. The highest BCUT2D eigenvalue weighted by Crippen LogP contribution is 2.26. The van der Waals surface area contributed by atoms with E-state index in [4.69, 9.17) is 0 Å². The van der Waals surface area contributed by atoms with Gasteiger partial charge in [-0.25, -0.2) is 4.39 Å². The third-order valence-electron chi connectivity index (χ3n) is 4.37. The summed E-state index contributed by atoms with van der Waals surface area (Å²) in [6, 6.07) is 11.4. The minimum Gasteiger partial charge on any atom is -0.349 e. The number of fused-ring (bicyclic) bond motifs is 1. The van der Waals surface area contributed by atoms with Crippen LogP contribution in [0.3, 0.4) is 0 Å². The highest BCUT2D eigenvalue weighted by atomic mass is 19.1. The second kappa shape index (κ2) is 7.05. The fourth-order valence-electron chi connectivity index (χ4n) is 2.95. The lowest BCUT2D eigenvalue weighted by Gasteiger charge is -2.12. The summed E-state index contributed by atoms with van der Waals surface area (Å²) in [5, 5.41) is 5.89. The fraction of sp³-hybridized carbons (Fsp3) is 0.300. The van der Waals surface area contributed by atoms with Crippen molar-refractivity contribution in [2.75, 3.05) is 5.32 Å². The molecule has 25 heavy (non-hydrogen) atoms. The van der Waals surface area contributed by atoms with Crippen LogP contribution in [0, 0.1) is 11.7 Å². The predicted octanol–water partition coefficient (Wildman–Crippen LogP) is 3.32. The van der Waals surface area contributed by atoms with Crippen molar-refractivity contribution in [3.63, 3.8) is 0 Å². The zero-order valence-corrected chi connectivity index (χ0v) is 14.3. The number of carbonyl (C=O) groups is 2. The van der Waals surface area contributed by atoms with Crippen LogP contribution in [0.15, 0.2) is 42.5 Å². The molecule has 0 aromatic heterocycles. The van der Waals surface area contributed by atoms with E-state index in [1.54, 1.807) is 0 Å². The average molecular weight is 340 g/mol. The van der Waals surface area contributed by atoms with E-state index in [1.807, 2.05) is 32.0 Å². The largest absolute Gasteiger partial charge is 0.349 e.